The van der Waals surface area contributed by atoms with E-state index in [9.17, 15) is 9.59 Å². The van der Waals surface area contributed by atoms with Crippen molar-refractivity contribution in [2.24, 2.45) is 23.7 Å². The van der Waals surface area contributed by atoms with Gasteiger partial charge in [0, 0.05) is 11.8 Å². The molecule has 3 nitrogen and oxygen atoms in total. The van der Waals surface area contributed by atoms with E-state index >= 15 is 0 Å². The fourth-order valence-electron chi connectivity index (χ4n) is 5.92. The van der Waals surface area contributed by atoms with Crippen LogP contribution >= 0.6 is 23.2 Å². The summed E-state index contributed by atoms with van der Waals surface area (Å²) >= 11 is 12.3. The summed E-state index contributed by atoms with van der Waals surface area (Å²) in [4.78, 5) is 28.7. The summed E-state index contributed by atoms with van der Waals surface area (Å²) in [7, 11) is 0. The van der Waals surface area contributed by atoms with Gasteiger partial charge in [-0.3, -0.25) is 9.59 Å². The van der Waals surface area contributed by atoms with Gasteiger partial charge in [-0.05, 0) is 54.3 Å². The molecule has 1 saturated carbocycles. The number of carbonyl (C=O) groups is 2. The molecule has 2 aliphatic carbocycles. The van der Waals surface area contributed by atoms with Crippen LogP contribution in [0.2, 0.25) is 10.0 Å². The number of hydrogen-bond acceptors (Lipinski definition) is 2. The maximum absolute atomic E-state index is 13.7. The summed E-state index contributed by atoms with van der Waals surface area (Å²) in [5, 5.41) is 0.715. The van der Waals surface area contributed by atoms with Crippen molar-refractivity contribution in [3.8, 4) is 0 Å². The summed E-state index contributed by atoms with van der Waals surface area (Å²) in [5.41, 5.74) is 7.36. The van der Waals surface area contributed by atoms with E-state index < -0.39 is 11.8 Å². The Morgan fingerprint density at radius 1 is 0.686 bits per heavy atom. The number of anilines is 1. The highest BCUT2D eigenvalue weighted by Crippen LogP contribution is 2.59. The Morgan fingerprint density at radius 3 is 1.63 bits per heavy atom. The summed E-state index contributed by atoms with van der Waals surface area (Å²) < 4.78 is 0. The Labute approximate surface area is 214 Å². The van der Waals surface area contributed by atoms with Gasteiger partial charge < -0.3 is 0 Å². The third-order valence-corrected chi connectivity index (χ3v) is 8.29. The van der Waals surface area contributed by atoms with Crippen molar-refractivity contribution < 1.29 is 9.59 Å². The minimum Gasteiger partial charge on any atom is -0.274 e. The lowest BCUT2D eigenvalue weighted by atomic mass is 9.85. The maximum atomic E-state index is 13.7. The van der Waals surface area contributed by atoms with Gasteiger partial charge in [-0.1, -0.05) is 95.0 Å². The van der Waals surface area contributed by atoms with Crippen LogP contribution in [0.4, 0.5) is 5.69 Å². The summed E-state index contributed by atoms with van der Waals surface area (Å²) in [5.74, 6) is -1.39. The first kappa shape index (κ1) is 22.3. The summed E-state index contributed by atoms with van der Waals surface area (Å²) in [6.45, 7) is 4.14. The highest BCUT2D eigenvalue weighted by molar-refractivity contribution is 6.42. The number of allylic oxidation sites excluding steroid dienone is 3. The van der Waals surface area contributed by atoms with Gasteiger partial charge in [0.1, 0.15) is 0 Å². The van der Waals surface area contributed by atoms with Gasteiger partial charge in [0.25, 0.3) is 0 Å². The molecule has 0 unspecified atom stereocenters. The lowest BCUT2D eigenvalue weighted by Crippen LogP contribution is -2.33. The molecule has 0 radical (unpaired) electrons. The molecule has 2 bridgehead atoms. The molecule has 1 aliphatic heterocycles. The molecule has 0 N–H and O–H groups in total. The molecule has 3 aromatic rings. The van der Waals surface area contributed by atoms with Gasteiger partial charge in [0.2, 0.25) is 11.8 Å². The molecule has 1 saturated heterocycles. The van der Waals surface area contributed by atoms with Gasteiger partial charge in [0.15, 0.2) is 0 Å². The van der Waals surface area contributed by atoms with Crippen LogP contribution in [0.5, 0.6) is 0 Å². The number of carbonyl (C=O) groups excluding carboxylic acids is 2. The van der Waals surface area contributed by atoms with E-state index in [0.717, 1.165) is 16.7 Å². The third-order valence-electron chi connectivity index (χ3n) is 7.55. The molecule has 3 aliphatic rings. The van der Waals surface area contributed by atoms with E-state index in [1.54, 1.807) is 18.2 Å². The van der Waals surface area contributed by atoms with Gasteiger partial charge in [-0.2, -0.15) is 0 Å². The van der Waals surface area contributed by atoms with Crippen molar-refractivity contribution in [2.45, 2.75) is 13.8 Å². The fraction of sp³-hybridized carbons (Fsp3) is 0.200. The molecule has 174 valence electrons. The average Bonchev–Trinajstić information content (AvgIpc) is 3.48. The van der Waals surface area contributed by atoms with Crippen LogP contribution in [0, 0.1) is 37.5 Å². The number of hydrogen-bond donors (Lipinski definition) is 0. The minimum absolute atomic E-state index is 0.119. The van der Waals surface area contributed by atoms with Crippen molar-refractivity contribution in [1.82, 2.24) is 0 Å². The van der Waals surface area contributed by atoms with E-state index in [-0.39, 0.29) is 23.7 Å². The highest BCUT2D eigenvalue weighted by Gasteiger charge is 2.62. The van der Waals surface area contributed by atoms with E-state index in [1.807, 2.05) is 0 Å². The molecular formula is C30H23Cl2NO2. The van der Waals surface area contributed by atoms with E-state index in [4.69, 9.17) is 23.2 Å². The zero-order chi connectivity index (χ0) is 24.4. The second-order valence-corrected chi connectivity index (χ2v) is 10.5. The monoisotopic (exact) mass is 499 g/mol. The van der Waals surface area contributed by atoms with E-state index in [0.29, 0.717) is 15.7 Å². The lowest BCUT2D eigenvalue weighted by molar-refractivity contribution is -0.122. The molecule has 6 rings (SSSR count). The average molecular weight is 500 g/mol. The van der Waals surface area contributed by atoms with Crippen LogP contribution in [0.1, 0.15) is 22.3 Å². The number of benzene rings is 3. The molecule has 2 fully saturated rings. The van der Waals surface area contributed by atoms with Crippen LogP contribution in [-0.2, 0) is 9.59 Å². The normalized spacial score (nSPS) is 24.5. The van der Waals surface area contributed by atoms with Crippen molar-refractivity contribution in [2.75, 3.05) is 4.90 Å². The summed E-state index contributed by atoms with van der Waals surface area (Å²) in [6, 6.07) is 21.9. The second kappa shape index (κ2) is 8.22. The topological polar surface area (TPSA) is 37.4 Å². The molecule has 0 spiro atoms. The first-order valence-corrected chi connectivity index (χ1v) is 12.5. The van der Waals surface area contributed by atoms with Crippen LogP contribution in [0.3, 0.4) is 0 Å². The van der Waals surface area contributed by atoms with Crippen molar-refractivity contribution in [1.29, 1.82) is 0 Å². The Morgan fingerprint density at radius 2 is 1.17 bits per heavy atom. The predicted molar refractivity (Wildman–Crippen MR) is 140 cm³/mol. The second-order valence-electron chi connectivity index (χ2n) is 9.66. The quantitative estimate of drug-likeness (QED) is 0.286. The number of halogens is 2. The Balaban J connectivity index is 1.48. The third kappa shape index (κ3) is 3.41. The fourth-order valence-corrected chi connectivity index (χ4v) is 6.21. The largest absolute Gasteiger partial charge is 0.274 e. The number of fused-ring (bicyclic) bond motifs is 5. The minimum atomic E-state index is -0.409. The van der Waals surface area contributed by atoms with Gasteiger partial charge in [0.05, 0.1) is 27.6 Å². The van der Waals surface area contributed by atoms with Crippen molar-refractivity contribution >= 4 is 46.3 Å². The van der Waals surface area contributed by atoms with E-state index in [1.165, 1.54) is 21.6 Å². The Bertz CT molecular complexity index is 1350. The number of nitrogens with zero attached hydrogens (tertiary/aromatic N) is 1. The Kier molecular flexibility index (Phi) is 5.24. The predicted octanol–water partition coefficient (Wildman–Crippen LogP) is 7.03. The van der Waals surface area contributed by atoms with Crippen LogP contribution in [0.25, 0.3) is 5.57 Å². The van der Waals surface area contributed by atoms with Gasteiger partial charge in [-0.25, -0.2) is 4.90 Å². The molecule has 3 aromatic carbocycles. The molecule has 0 aromatic heterocycles. The number of aryl methyl sites for hydroxylation is 2. The number of rotatable bonds is 3. The molecule has 1 heterocycles. The SMILES string of the molecule is Cc1ccc(C(=C2[C@H]3C=C[C@H]2[C@H]2C(=O)N(c4ccc(Cl)c(Cl)c4)C(=O)[C@H]23)c2ccc(C)cc2)cc1. The molecule has 2 amide bonds. The van der Waals surface area contributed by atoms with E-state index in [2.05, 4.69) is 74.5 Å². The molecule has 5 heteroatoms. The van der Waals surface area contributed by atoms with Gasteiger partial charge in [-0.15, -0.1) is 0 Å². The zero-order valence-corrected chi connectivity index (χ0v) is 20.8. The molecule has 35 heavy (non-hydrogen) atoms. The summed E-state index contributed by atoms with van der Waals surface area (Å²) in [6.07, 6.45) is 4.24. The molecule has 4 atom stereocenters. The zero-order valence-electron chi connectivity index (χ0n) is 19.3. The molecular weight excluding hydrogens is 477 g/mol. The van der Waals surface area contributed by atoms with Crippen molar-refractivity contribution in [3.63, 3.8) is 0 Å². The van der Waals surface area contributed by atoms with Crippen LogP contribution in [-0.4, -0.2) is 11.8 Å². The number of imide groups is 1. The van der Waals surface area contributed by atoms with Crippen LogP contribution in [0.15, 0.2) is 84.5 Å². The van der Waals surface area contributed by atoms with Crippen LogP contribution < -0.4 is 4.90 Å². The maximum Gasteiger partial charge on any atom is 0.238 e. The first-order chi connectivity index (χ1) is 16.8. The smallest absolute Gasteiger partial charge is 0.238 e. The standard InChI is InChI=1S/C30H23Cl2NO2/c1-16-3-7-18(8-4-16)25(19-9-5-17(2)6-10-19)26-21-12-13-22(26)28-27(21)29(34)33(30(28)35)20-11-14-23(31)24(32)15-20/h3-15,21-22,27-28H,1-2H3/t21-,22-,27-,28+/m1/s1. The Hall–Kier alpha value is -3.14. The lowest BCUT2D eigenvalue weighted by Gasteiger charge is -2.22. The first-order valence-electron chi connectivity index (χ1n) is 11.7. The number of amides is 2. The highest BCUT2D eigenvalue weighted by atomic mass is 35.5. The van der Waals surface area contributed by atoms with Crippen molar-refractivity contribution in [3.05, 3.63) is 117 Å². The van der Waals surface area contributed by atoms with Gasteiger partial charge >= 0.3 is 0 Å².